The lowest BCUT2D eigenvalue weighted by molar-refractivity contribution is 0.0697. The second-order valence-electron chi connectivity index (χ2n) is 5.55. The molecule has 0 atom stereocenters. The Morgan fingerprint density at radius 3 is 2.09 bits per heavy atom. The highest BCUT2D eigenvalue weighted by atomic mass is 16.4. The lowest BCUT2D eigenvalue weighted by Gasteiger charge is -2.14. The van der Waals surface area contributed by atoms with Crippen molar-refractivity contribution >= 4 is 5.97 Å². The molecule has 4 heteroatoms. The van der Waals surface area contributed by atoms with Crippen molar-refractivity contribution in [2.75, 3.05) is 20.1 Å². The largest absolute Gasteiger partial charge is 0.478 e. The number of rotatable bonds is 4. The van der Waals surface area contributed by atoms with E-state index in [0.717, 1.165) is 12.6 Å². The zero-order valence-electron chi connectivity index (χ0n) is 14.1. The standard InChI is InChI=1S/C12H15NO2.C4H9N.C2H6/c14-12(15)11-5-3-10(4-6-11)9-13-7-1-2-8-13;1-5-4-2-3-4;1-2/h3-6H,1-2,7-9H2,(H,14,15);4-5H,2-3H2,1H3;1-2H3. The molecule has 1 heterocycles. The minimum absolute atomic E-state index is 0.361. The van der Waals surface area contributed by atoms with Crippen LogP contribution in [-0.4, -0.2) is 42.2 Å². The van der Waals surface area contributed by atoms with Crippen molar-refractivity contribution in [3.8, 4) is 0 Å². The fourth-order valence-corrected chi connectivity index (χ4v) is 2.32. The van der Waals surface area contributed by atoms with Gasteiger partial charge in [-0.25, -0.2) is 4.79 Å². The van der Waals surface area contributed by atoms with Crippen LogP contribution in [0.5, 0.6) is 0 Å². The molecule has 22 heavy (non-hydrogen) atoms. The van der Waals surface area contributed by atoms with E-state index in [0.29, 0.717) is 5.56 Å². The van der Waals surface area contributed by atoms with Crippen LogP contribution in [0.15, 0.2) is 24.3 Å². The molecule has 0 spiro atoms. The van der Waals surface area contributed by atoms with E-state index >= 15 is 0 Å². The average molecular weight is 306 g/mol. The van der Waals surface area contributed by atoms with Crippen LogP contribution in [0.2, 0.25) is 0 Å². The molecule has 3 rings (SSSR count). The second kappa shape index (κ2) is 10.4. The highest BCUT2D eigenvalue weighted by Gasteiger charge is 2.17. The van der Waals surface area contributed by atoms with Gasteiger partial charge >= 0.3 is 5.97 Å². The van der Waals surface area contributed by atoms with Gasteiger partial charge in [-0.2, -0.15) is 0 Å². The van der Waals surface area contributed by atoms with Gasteiger partial charge in [0.05, 0.1) is 5.56 Å². The van der Waals surface area contributed by atoms with Crippen molar-refractivity contribution in [1.29, 1.82) is 0 Å². The lowest BCUT2D eigenvalue weighted by atomic mass is 10.1. The second-order valence-corrected chi connectivity index (χ2v) is 5.55. The maximum atomic E-state index is 10.6. The van der Waals surface area contributed by atoms with E-state index in [9.17, 15) is 4.79 Å². The summed E-state index contributed by atoms with van der Waals surface area (Å²) in [5.74, 6) is -0.859. The van der Waals surface area contributed by atoms with Gasteiger partial charge in [-0.05, 0) is 63.5 Å². The first-order valence-corrected chi connectivity index (χ1v) is 8.41. The highest BCUT2D eigenvalue weighted by Crippen LogP contribution is 2.17. The summed E-state index contributed by atoms with van der Waals surface area (Å²) < 4.78 is 0. The van der Waals surface area contributed by atoms with Crippen molar-refractivity contribution < 1.29 is 9.90 Å². The van der Waals surface area contributed by atoms with Crippen molar-refractivity contribution in [2.24, 2.45) is 0 Å². The van der Waals surface area contributed by atoms with Crippen LogP contribution in [-0.2, 0) is 6.54 Å². The zero-order chi connectivity index (χ0) is 16.4. The molecule has 0 unspecified atom stereocenters. The zero-order valence-corrected chi connectivity index (χ0v) is 14.1. The Bertz CT molecular complexity index is 421. The minimum Gasteiger partial charge on any atom is -0.478 e. The number of hydrogen-bond acceptors (Lipinski definition) is 3. The Labute approximate surface area is 134 Å². The molecular formula is C18H30N2O2. The van der Waals surface area contributed by atoms with Gasteiger partial charge in [0, 0.05) is 12.6 Å². The fourth-order valence-electron chi connectivity index (χ4n) is 2.32. The number of carboxylic acid groups (broad SMARTS) is 1. The smallest absolute Gasteiger partial charge is 0.335 e. The maximum absolute atomic E-state index is 10.6. The van der Waals surface area contributed by atoms with Gasteiger partial charge in [0.1, 0.15) is 0 Å². The Morgan fingerprint density at radius 2 is 1.73 bits per heavy atom. The number of aromatic carboxylic acids is 1. The molecule has 2 aliphatic rings. The molecule has 1 aliphatic carbocycles. The number of carbonyl (C=O) groups is 1. The molecule has 0 amide bonds. The summed E-state index contributed by atoms with van der Waals surface area (Å²) in [4.78, 5) is 13.0. The van der Waals surface area contributed by atoms with Gasteiger partial charge in [0.2, 0.25) is 0 Å². The van der Waals surface area contributed by atoms with Crippen molar-refractivity contribution in [2.45, 2.75) is 52.1 Å². The molecule has 1 aromatic rings. The third-order valence-corrected chi connectivity index (χ3v) is 3.79. The Balaban J connectivity index is 0.000000289. The van der Waals surface area contributed by atoms with Gasteiger partial charge in [0.25, 0.3) is 0 Å². The minimum atomic E-state index is -0.859. The average Bonchev–Trinajstić information content (AvgIpc) is 3.27. The predicted octanol–water partition coefficient (Wildman–Crippen LogP) is 3.38. The van der Waals surface area contributed by atoms with E-state index in [1.165, 1.54) is 44.3 Å². The van der Waals surface area contributed by atoms with Gasteiger partial charge < -0.3 is 10.4 Å². The molecule has 124 valence electrons. The molecule has 2 fully saturated rings. The van der Waals surface area contributed by atoms with Crippen LogP contribution in [0.4, 0.5) is 0 Å². The molecule has 4 nitrogen and oxygen atoms in total. The number of hydrogen-bond donors (Lipinski definition) is 2. The van der Waals surface area contributed by atoms with Gasteiger partial charge in [-0.1, -0.05) is 26.0 Å². The van der Waals surface area contributed by atoms with Crippen molar-refractivity contribution in [3.05, 3.63) is 35.4 Å². The first-order chi connectivity index (χ1) is 10.7. The number of likely N-dealkylation sites (tertiary alicyclic amines) is 1. The first-order valence-electron chi connectivity index (χ1n) is 8.41. The normalized spacial score (nSPS) is 17.0. The van der Waals surface area contributed by atoms with Crippen LogP contribution >= 0.6 is 0 Å². The van der Waals surface area contributed by atoms with Gasteiger partial charge in [-0.3, -0.25) is 4.90 Å². The summed E-state index contributed by atoms with van der Waals surface area (Å²) in [6.07, 6.45) is 5.37. The van der Waals surface area contributed by atoms with Crippen molar-refractivity contribution in [3.63, 3.8) is 0 Å². The van der Waals surface area contributed by atoms with E-state index in [2.05, 4.69) is 10.2 Å². The van der Waals surface area contributed by atoms with Crippen LogP contribution < -0.4 is 5.32 Å². The van der Waals surface area contributed by atoms with Crippen LogP contribution in [0.3, 0.4) is 0 Å². The summed E-state index contributed by atoms with van der Waals surface area (Å²) in [6.45, 7) is 7.28. The number of nitrogens with one attached hydrogen (secondary N) is 1. The fraction of sp³-hybridized carbons (Fsp3) is 0.611. The van der Waals surface area contributed by atoms with Gasteiger partial charge in [0.15, 0.2) is 0 Å². The van der Waals surface area contributed by atoms with Crippen molar-refractivity contribution in [1.82, 2.24) is 10.2 Å². The Morgan fingerprint density at radius 1 is 1.18 bits per heavy atom. The molecular weight excluding hydrogens is 276 g/mol. The summed E-state index contributed by atoms with van der Waals surface area (Å²) in [7, 11) is 2.01. The van der Waals surface area contributed by atoms with Gasteiger partial charge in [-0.15, -0.1) is 0 Å². The maximum Gasteiger partial charge on any atom is 0.335 e. The third kappa shape index (κ3) is 7.05. The Kier molecular flexibility index (Phi) is 8.78. The summed E-state index contributed by atoms with van der Waals surface area (Å²) in [5, 5.41) is 11.9. The highest BCUT2D eigenvalue weighted by molar-refractivity contribution is 5.87. The molecule has 2 N–H and O–H groups in total. The van der Waals surface area contributed by atoms with Crippen LogP contribution in [0.1, 0.15) is 55.5 Å². The number of nitrogens with zero attached hydrogens (tertiary/aromatic N) is 1. The molecule has 0 radical (unpaired) electrons. The van der Waals surface area contributed by atoms with E-state index in [1.807, 2.05) is 33.0 Å². The molecule has 0 aromatic heterocycles. The molecule has 0 bridgehead atoms. The monoisotopic (exact) mass is 306 g/mol. The quantitative estimate of drug-likeness (QED) is 0.895. The molecule has 1 saturated carbocycles. The third-order valence-electron chi connectivity index (χ3n) is 3.79. The van der Waals surface area contributed by atoms with E-state index < -0.39 is 5.97 Å². The predicted molar refractivity (Wildman–Crippen MR) is 91.3 cm³/mol. The SMILES string of the molecule is CC.CNC1CC1.O=C(O)c1ccc(CN2CCCC2)cc1. The number of carboxylic acids is 1. The molecule has 1 aromatic carbocycles. The summed E-state index contributed by atoms with van der Waals surface area (Å²) >= 11 is 0. The van der Waals surface area contributed by atoms with Crippen LogP contribution in [0, 0.1) is 0 Å². The van der Waals surface area contributed by atoms with E-state index in [1.54, 1.807) is 12.1 Å². The Hall–Kier alpha value is -1.39. The first kappa shape index (κ1) is 18.7. The van der Waals surface area contributed by atoms with E-state index in [4.69, 9.17) is 5.11 Å². The molecule has 1 saturated heterocycles. The lowest BCUT2D eigenvalue weighted by Crippen LogP contribution is -2.18. The van der Waals surface area contributed by atoms with E-state index in [-0.39, 0.29) is 0 Å². The molecule has 1 aliphatic heterocycles. The summed E-state index contributed by atoms with van der Waals surface area (Å²) in [6, 6.07) is 8.04. The number of benzene rings is 1. The topological polar surface area (TPSA) is 52.6 Å². The van der Waals surface area contributed by atoms with Crippen LogP contribution in [0.25, 0.3) is 0 Å². The summed E-state index contributed by atoms with van der Waals surface area (Å²) in [5.41, 5.74) is 1.56.